The molecule has 7 nitrogen and oxygen atoms in total. The number of alkyl carbamates (subject to hydrolysis) is 1. The van der Waals surface area contributed by atoms with Crippen LogP contribution in [0.15, 0.2) is 23.4 Å². The van der Waals surface area contributed by atoms with Crippen molar-refractivity contribution >= 4 is 11.8 Å². The molecular weight excluding hydrogens is 288 g/mol. The average molecular weight is 310 g/mol. The van der Waals surface area contributed by atoms with E-state index in [9.17, 15) is 4.79 Å². The molecule has 0 aliphatic heterocycles. The van der Waals surface area contributed by atoms with Crippen molar-refractivity contribution in [1.29, 1.82) is 0 Å². The summed E-state index contributed by atoms with van der Waals surface area (Å²) < 4.78 is 15.4. The lowest BCUT2D eigenvalue weighted by Gasteiger charge is -2.19. The molecule has 0 unspecified atom stereocenters. The summed E-state index contributed by atoms with van der Waals surface area (Å²) in [4.78, 5) is 11.6. The molecule has 1 rings (SSSR count). The summed E-state index contributed by atoms with van der Waals surface area (Å²) in [6.45, 7) is 5.31. The molecule has 0 saturated carbocycles. The number of hydrogen-bond donors (Lipinski definition) is 2. The third kappa shape index (κ3) is 5.16. The van der Waals surface area contributed by atoms with E-state index in [2.05, 4.69) is 10.5 Å². The van der Waals surface area contributed by atoms with Crippen LogP contribution in [0.3, 0.4) is 0 Å². The van der Waals surface area contributed by atoms with E-state index >= 15 is 0 Å². The summed E-state index contributed by atoms with van der Waals surface area (Å²) in [5.74, 6) is 1.06. The van der Waals surface area contributed by atoms with Gasteiger partial charge in [0.1, 0.15) is 11.3 Å². The second kappa shape index (κ2) is 7.53. The molecule has 122 valence electrons. The standard InChI is InChI=1S/C15H22N2O5/c1-15(2,3)22-14(18)16-9-11(17-19)10-6-7-12(20-4)13(8-10)21-5/h6-8,19H,9H2,1-5H3,(H,16,18)/b17-11-. The largest absolute Gasteiger partial charge is 0.493 e. The van der Waals surface area contributed by atoms with Gasteiger partial charge in [-0.15, -0.1) is 0 Å². The Balaban J connectivity index is 2.79. The molecule has 0 heterocycles. The van der Waals surface area contributed by atoms with E-state index < -0.39 is 11.7 Å². The molecule has 2 N–H and O–H groups in total. The molecule has 0 radical (unpaired) electrons. The van der Waals surface area contributed by atoms with Crippen LogP contribution in [0, 0.1) is 0 Å². The van der Waals surface area contributed by atoms with Gasteiger partial charge in [0.25, 0.3) is 0 Å². The molecular formula is C15H22N2O5. The van der Waals surface area contributed by atoms with Crippen molar-refractivity contribution in [2.45, 2.75) is 26.4 Å². The van der Waals surface area contributed by atoms with Crippen molar-refractivity contribution in [3.05, 3.63) is 23.8 Å². The number of nitrogens with zero attached hydrogens (tertiary/aromatic N) is 1. The molecule has 0 spiro atoms. The summed E-state index contributed by atoms with van der Waals surface area (Å²) in [7, 11) is 3.04. The predicted molar refractivity (Wildman–Crippen MR) is 82.1 cm³/mol. The zero-order valence-corrected chi connectivity index (χ0v) is 13.5. The number of amides is 1. The van der Waals surface area contributed by atoms with Crippen molar-refractivity contribution in [1.82, 2.24) is 5.32 Å². The molecule has 0 aromatic heterocycles. The number of benzene rings is 1. The molecule has 0 aliphatic rings. The van der Waals surface area contributed by atoms with Gasteiger partial charge >= 0.3 is 6.09 Å². The van der Waals surface area contributed by atoms with Crippen LogP contribution in [0.5, 0.6) is 11.5 Å². The first kappa shape index (κ1) is 17.6. The van der Waals surface area contributed by atoms with E-state index in [1.165, 1.54) is 14.2 Å². The van der Waals surface area contributed by atoms with Crippen molar-refractivity contribution in [3.63, 3.8) is 0 Å². The second-order valence-electron chi connectivity index (χ2n) is 5.47. The van der Waals surface area contributed by atoms with Crippen LogP contribution < -0.4 is 14.8 Å². The lowest BCUT2D eigenvalue weighted by Crippen LogP contribution is -2.35. The number of carbonyl (C=O) groups excluding carboxylic acids is 1. The molecule has 0 bridgehead atoms. The summed E-state index contributed by atoms with van der Waals surface area (Å²) in [5, 5.41) is 14.9. The monoisotopic (exact) mass is 310 g/mol. The van der Waals surface area contributed by atoms with Gasteiger partial charge in [-0.3, -0.25) is 0 Å². The Morgan fingerprint density at radius 3 is 2.36 bits per heavy atom. The van der Waals surface area contributed by atoms with E-state index in [0.29, 0.717) is 17.1 Å². The Bertz CT molecular complexity index is 549. The second-order valence-corrected chi connectivity index (χ2v) is 5.47. The molecule has 1 amide bonds. The number of hydrogen-bond acceptors (Lipinski definition) is 6. The van der Waals surface area contributed by atoms with E-state index in [4.69, 9.17) is 19.4 Å². The van der Waals surface area contributed by atoms with Crippen LogP contribution in [-0.2, 0) is 4.74 Å². The maximum Gasteiger partial charge on any atom is 0.407 e. The van der Waals surface area contributed by atoms with Crippen molar-refractivity contribution in [3.8, 4) is 11.5 Å². The maximum absolute atomic E-state index is 11.6. The van der Waals surface area contributed by atoms with Crippen molar-refractivity contribution in [2.24, 2.45) is 5.16 Å². The average Bonchev–Trinajstić information content (AvgIpc) is 2.45. The van der Waals surface area contributed by atoms with Gasteiger partial charge in [-0.1, -0.05) is 5.16 Å². The Morgan fingerprint density at radius 1 is 1.23 bits per heavy atom. The van der Waals surface area contributed by atoms with Crippen LogP contribution in [0.1, 0.15) is 26.3 Å². The fourth-order valence-corrected chi connectivity index (χ4v) is 1.68. The van der Waals surface area contributed by atoms with Crippen LogP contribution in [-0.4, -0.2) is 43.4 Å². The summed E-state index contributed by atoms with van der Waals surface area (Å²) >= 11 is 0. The summed E-state index contributed by atoms with van der Waals surface area (Å²) in [6.07, 6.45) is -0.589. The third-order valence-electron chi connectivity index (χ3n) is 2.64. The number of rotatable bonds is 5. The zero-order chi connectivity index (χ0) is 16.8. The van der Waals surface area contributed by atoms with Crippen molar-refractivity contribution in [2.75, 3.05) is 20.8 Å². The van der Waals surface area contributed by atoms with Gasteiger partial charge in [0.2, 0.25) is 0 Å². The van der Waals surface area contributed by atoms with Crippen molar-refractivity contribution < 1.29 is 24.2 Å². The van der Waals surface area contributed by atoms with Gasteiger partial charge in [0, 0.05) is 5.56 Å². The van der Waals surface area contributed by atoms with E-state index in [-0.39, 0.29) is 12.3 Å². The Labute approximate surface area is 129 Å². The topological polar surface area (TPSA) is 89.4 Å². The van der Waals surface area contributed by atoms with Gasteiger partial charge < -0.3 is 24.7 Å². The lowest BCUT2D eigenvalue weighted by atomic mass is 10.1. The van der Waals surface area contributed by atoms with Gasteiger partial charge in [-0.2, -0.15) is 0 Å². The van der Waals surface area contributed by atoms with Crippen LogP contribution in [0.4, 0.5) is 4.79 Å². The van der Waals surface area contributed by atoms with E-state index in [0.717, 1.165) is 0 Å². The molecule has 0 fully saturated rings. The highest BCUT2D eigenvalue weighted by atomic mass is 16.6. The molecule has 0 atom stereocenters. The van der Waals surface area contributed by atoms with E-state index in [1.54, 1.807) is 39.0 Å². The van der Waals surface area contributed by atoms with E-state index in [1.807, 2.05) is 0 Å². The highest BCUT2D eigenvalue weighted by Crippen LogP contribution is 2.27. The minimum absolute atomic E-state index is 0.0148. The first-order valence-corrected chi connectivity index (χ1v) is 6.71. The number of carbonyl (C=O) groups is 1. The highest BCUT2D eigenvalue weighted by molar-refractivity contribution is 6.03. The number of methoxy groups -OCH3 is 2. The fraction of sp³-hybridized carbons (Fsp3) is 0.467. The molecule has 1 aromatic rings. The first-order chi connectivity index (χ1) is 10.3. The first-order valence-electron chi connectivity index (χ1n) is 6.71. The Hall–Kier alpha value is -2.44. The van der Waals surface area contributed by atoms with Crippen LogP contribution >= 0.6 is 0 Å². The quantitative estimate of drug-likeness (QED) is 0.495. The van der Waals surface area contributed by atoms with Gasteiger partial charge in [-0.05, 0) is 39.0 Å². The molecule has 0 saturated heterocycles. The van der Waals surface area contributed by atoms with Gasteiger partial charge in [0.15, 0.2) is 11.5 Å². The Morgan fingerprint density at radius 2 is 1.86 bits per heavy atom. The third-order valence-corrected chi connectivity index (χ3v) is 2.64. The normalized spacial score (nSPS) is 11.8. The summed E-state index contributed by atoms with van der Waals surface area (Å²) in [5.41, 5.74) is 0.271. The minimum Gasteiger partial charge on any atom is -0.493 e. The number of oxime groups is 1. The fourth-order valence-electron chi connectivity index (χ4n) is 1.68. The molecule has 0 aliphatic carbocycles. The van der Waals surface area contributed by atoms with Gasteiger partial charge in [-0.25, -0.2) is 4.79 Å². The molecule has 1 aromatic carbocycles. The minimum atomic E-state index is -0.593. The van der Waals surface area contributed by atoms with Gasteiger partial charge in [0.05, 0.1) is 20.8 Å². The maximum atomic E-state index is 11.6. The highest BCUT2D eigenvalue weighted by Gasteiger charge is 2.17. The predicted octanol–water partition coefficient (Wildman–Crippen LogP) is 2.41. The Kier molecular flexibility index (Phi) is 6.03. The lowest BCUT2D eigenvalue weighted by molar-refractivity contribution is 0.0536. The molecule has 7 heteroatoms. The SMILES string of the molecule is COc1ccc(/C(CNC(=O)OC(C)(C)C)=N\O)cc1OC. The smallest absolute Gasteiger partial charge is 0.407 e. The van der Waals surface area contributed by atoms with Crippen LogP contribution in [0.25, 0.3) is 0 Å². The number of ether oxygens (including phenoxy) is 3. The molecule has 22 heavy (non-hydrogen) atoms. The zero-order valence-electron chi connectivity index (χ0n) is 13.5. The number of nitrogens with one attached hydrogen (secondary N) is 1. The van der Waals surface area contributed by atoms with Crippen LogP contribution in [0.2, 0.25) is 0 Å². The summed E-state index contributed by atoms with van der Waals surface area (Å²) in [6, 6.07) is 5.05.